The maximum Gasteiger partial charge on any atom is 0.306 e. The summed E-state index contributed by atoms with van der Waals surface area (Å²) in [5, 5.41) is 0. The number of ether oxygens (including phenoxy) is 3. The molecule has 0 heterocycles. The molecule has 0 aromatic rings. The van der Waals surface area contributed by atoms with Crippen LogP contribution in [0.25, 0.3) is 0 Å². The van der Waals surface area contributed by atoms with Gasteiger partial charge in [0, 0.05) is 19.3 Å². The van der Waals surface area contributed by atoms with E-state index in [0.717, 1.165) is 57.8 Å². The molecule has 0 aromatic heterocycles. The Morgan fingerprint density at radius 1 is 0.258 bits per heavy atom. The molecule has 0 rings (SSSR count). The van der Waals surface area contributed by atoms with Crippen molar-refractivity contribution in [3.05, 3.63) is 0 Å². The number of esters is 3. The van der Waals surface area contributed by atoms with Crippen LogP contribution in [-0.2, 0) is 28.6 Å². The van der Waals surface area contributed by atoms with Crippen molar-refractivity contribution in [2.24, 2.45) is 0 Å². The zero-order valence-electron chi connectivity index (χ0n) is 42.2. The van der Waals surface area contributed by atoms with Gasteiger partial charge in [0.25, 0.3) is 0 Å². The largest absolute Gasteiger partial charge is 0.462 e. The Morgan fingerprint density at radius 2 is 0.435 bits per heavy atom. The van der Waals surface area contributed by atoms with Crippen molar-refractivity contribution in [2.75, 3.05) is 13.2 Å². The van der Waals surface area contributed by atoms with E-state index < -0.39 is 6.10 Å². The van der Waals surface area contributed by atoms with Gasteiger partial charge in [0.1, 0.15) is 13.2 Å². The molecular formula is C56H108O6. The molecule has 368 valence electrons. The lowest BCUT2D eigenvalue weighted by molar-refractivity contribution is -0.167. The van der Waals surface area contributed by atoms with Gasteiger partial charge < -0.3 is 14.2 Å². The van der Waals surface area contributed by atoms with Gasteiger partial charge in [0.15, 0.2) is 6.10 Å². The van der Waals surface area contributed by atoms with Crippen LogP contribution in [0.1, 0.15) is 323 Å². The summed E-state index contributed by atoms with van der Waals surface area (Å²) in [5.41, 5.74) is 0. The summed E-state index contributed by atoms with van der Waals surface area (Å²) in [7, 11) is 0. The fourth-order valence-corrected chi connectivity index (χ4v) is 8.62. The van der Waals surface area contributed by atoms with Crippen molar-refractivity contribution in [3.63, 3.8) is 0 Å². The van der Waals surface area contributed by atoms with Gasteiger partial charge in [-0.25, -0.2) is 0 Å². The minimum Gasteiger partial charge on any atom is -0.462 e. The summed E-state index contributed by atoms with van der Waals surface area (Å²) < 4.78 is 16.7. The summed E-state index contributed by atoms with van der Waals surface area (Å²) in [6, 6.07) is 0. The standard InChI is InChI=1S/C56H108O6/c1-4-7-10-13-16-18-19-20-21-22-23-24-25-26-27-28-29-30-31-32-33-34-35-36-38-40-43-46-49-55(58)61-52-53(51-60-54(57)48-45-42-39-15-12-9-6-3)62-56(59)50-47-44-41-37-17-14-11-8-5-2/h53H,4-52H2,1-3H3. The molecule has 0 aliphatic carbocycles. The lowest BCUT2D eigenvalue weighted by Gasteiger charge is -2.18. The Bertz CT molecular complexity index is 920. The summed E-state index contributed by atoms with van der Waals surface area (Å²) in [4.78, 5) is 37.7. The average Bonchev–Trinajstić information content (AvgIpc) is 3.27. The third-order valence-electron chi connectivity index (χ3n) is 12.9. The highest BCUT2D eigenvalue weighted by molar-refractivity contribution is 5.71. The zero-order valence-corrected chi connectivity index (χ0v) is 42.2. The normalized spacial score (nSPS) is 11.9. The Hall–Kier alpha value is -1.59. The number of carbonyl (C=O) groups excluding carboxylic acids is 3. The van der Waals surface area contributed by atoms with E-state index in [1.807, 2.05) is 0 Å². The first kappa shape index (κ1) is 60.4. The van der Waals surface area contributed by atoms with Gasteiger partial charge in [0.2, 0.25) is 0 Å². The van der Waals surface area contributed by atoms with Crippen LogP contribution in [0.15, 0.2) is 0 Å². The van der Waals surface area contributed by atoms with E-state index in [-0.39, 0.29) is 31.1 Å². The van der Waals surface area contributed by atoms with Crippen molar-refractivity contribution in [2.45, 2.75) is 329 Å². The van der Waals surface area contributed by atoms with E-state index in [9.17, 15) is 14.4 Å². The van der Waals surface area contributed by atoms with Crippen molar-refractivity contribution in [1.82, 2.24) is 0 Å². The smallest absolute Gasteiger partial charge is 0.306 e. The fraction of sp³-hybridized carbons (Fsp3) is 0.946. The van der Waals surface area contributed by atoms with E-state index >= 15 is 0 Å². The van der Waals surface area contributed by atoms with Crippen LogP contribution in [0.3, 0.4) is 0 Å². The van der Waals surface area contributed by atoms with Gasteiger partial charge in [-0.3, -0.25) is 14.4 Å². The van der Waals surface area contributed by atoms with Crippen LogP contribution in [0.4, 0.5) is 0 Å². The maximum absolute atomic E-state index is 12.7. The molecule has 62 heavy (non-hydrogen) atoms. The van der Waals surface area contributed by atoms with Crippen molar-refractivity contribution in [1.29, 1.82) is 0 Å². The van der Waals surface area contributed by atoms with Crippen molar-refractivity contribution in [3.8, 4) is 0 Å². The van der Waals surface area contributed by atoms with Crippen LogP contribution in [0.2, 0.25) is 0 Å². The van der Waals surface area contributed by atoms with Crippen molar-refractivity contribution >= 4 is 17.9 Å². The molecule has 0 amide bonds. The topological polar surface area (TPSA) is 78.9 Å². The lowest BCUT2D eigenvalue weighted by Crippen LogP contribution is -2.30. The molecule has 0 bridgehead atoms. The first-order valence-electron chi connectivity index (χ1n) is 28.0. The highest BCUT2D eigenvalue weighted by Gasteiger charge is 2.19. The quantitative estimate of drug-likeness (QED) is 0.0344. The SMILES string of the molecule is CCCCCCCCCCCCCCCCCCCCCCCCCCCCCCC(=O)OCC(COC(=O)CCCCCCCCC)OC(=O)CCCCCCCCCCC. The molecule has 0 fully saturated rings. The molecule has 0 spiro atoms. The maximum atomic E-state index is 12.7. The molecule has 6 nitrogen and oxygen atoms in total. The number of carbonyl (C=O) groups is 3. The number of hydrogen-bond acceptors (Lipinski definition) is 6. The highest BCUT2D eigenvalue weighted by Crippen LogP contribution is 2.18. The zero-order chi connectivity index (χ0) is 45.1. The Balaban J connectivity index is 3.90. The van der Waals surface area contributed by atoms with Crippen LogP contribution >= 0.6 is 0 Å². The number of hydrogen-bond donors (Lipinski definition) is 0. The Kier molecular flexibility index (Phi) is 50.7. The molecule has 0 radical (unpaired) electrons. The van der Waals surface area contributed by atoms with Gasteiger partial charge in [-0.15, -0.1) is 0 Å². The molecule has 1 unspecified atom stereocenters. The summed E-state index contributed by atoms with van der Waals surface area (Å²) >= 11 is 0. The van der Waals surface area contributed by atoms with E-state index in [2.05, 4.69) is 20.8 Å². The minimum absolute atomic E-state index is 0.0629. The molecule has 6 heteroatoms. The summed E-state index contributed by atoms with van der Waals surface area (Å²) in [6.07, 6.45) is 57.2. The molecule has 0 saturated carbocycles. The second-order valence-corrected chi connectivity index (χ2v) is 19.2. The number of rotatable bonds is 52. The predicted octanol–water partition coefficient (Wildman–Crippen LogP) is 18.4. The van der Waals surface area contributed by atoms with Gasteiger partial charge in [0.05, 0.1) is 0 Å². The third kappa shape index (κ3) is 49.4. The molecule has 0 aromatic carbocycles. The lowest BCUT2D eigenvalue weighted by atomic mass is 10.0. The number of unbranched alkanes of at least 4 members (excludes halogenated alkanes) is 41. The Morgan fingerprint density at radius 3 is 0.645 bits per heavy atom. The molecule has 0 aliphatic heterocycles. The molecule has 1 atom stereocenters. The molecular weight excluding hydrogens is 769 g/mol. The average molecular weight is 877 g/mol. The first-order chi connectivity index (χ1) is 30.5. The van der Waals surface area contributed by atoms with E-state index in [1.54, 1.807) is 0 Å². The van der Waals surface area contributed by atoms with E-state index in [4.69, 9.17) is 14.2 Å². The van der Waals surface area contributed by atoms with Gasteiger partial charge in [-0.1, -0.05) is 284 Å². The van der Waals surface area contributed by atoms with Crippen LogP contribution in [0, 0.1) is 0 Å². The van der Waals surface area contributed by atoms with Gasteiger partial charge >= 0.3 is 17.9 Å². The summed E-state index contributed by atoms with van der Waals surface area (Å²) in [5.74, 6) is -0.854. The summed E-state index contributed by atoms with van der Waals surface area (Å²) in [6.45, 7) is 6.62. The van der Waals surface area contributed by atoms with Crippen molar-refractivity contribution < 1.29 is 28.6 Å². The van der Waals surface area contributed by atoms with Gasteiger partial charge in [-0.05, 0) is 19.3 Å². The van der Waals surface area contributed by atoms with Crippen LogP contribution < -0.4 is 0 Å². The van der Waals surface area contributed by atoms with Gasteiger partial charge in [-0.2, -0.15) is 0 Å². The molecule has 0 aliphatic rings. The molecule has 0 N–H and O–H groups in total. The molecule has 0 saturated heterocycles. The second-order valence-electron chi connectivity index (χ2n) is 19.2. The van der Waals surface area contributed by atoms with E-state index in [0.29, 0.717) is 19.3 Å². The minimum atomic E-state index is -0.758. The Labute approximate surface area is 387 Å². The van der Waals surface area contributed by atoms with Crippen LogP contribution in [0.5, 0.6) is 0 Å². The second kappa shape index (κ2) is 52.0. The highest BCUT2D eigenvalue weighted by atomic mass is 16.6. The first-order valence-corrected chi connectivity index (χ1v) is 28.0. The fourth-order valence-electron chi connectivity index (χ4n) is 8.62. The monoisotopic (exact) mass is 877 g/mol. The van der Waals surface area contributed by atoms with Crippen LogP contribution in [-0.4, -0.2) is 37.2 Å². The predicted molar refractivity (Wildman–Crippen MR) is 266 cm³/mol. The third-order valence-corrected chi connectivity index (χ3v) is 12.9. The van der Waals surface area contributed by atoms with E-state index in [1.165, 1.54) is 225 Å².